The molecule has 1 aliphatic heterocycles. The zero-order valence-electron chi connectivity index (χ0n) is 15.0. The number of hydrogen-bond donors (Lipinski definition) is 1. The number of imide groups is 1. The molecule has 0 bridgehead atoms. The summed E-state index contributed by atoms with van der Waals surface area (Å²) < 4.78 is 49.2. The summed E-state index contributed by atoms with van der Waals surface area (Å²) in [4.78, 5) is 36.2. The molecule has 0 spiro atoms. The summed E-state index contributed by atoms with van der Waals surface area (Å²) in [6.07, 6.45) is 0.362. The van der Waals surface area contributed by atoms with E-state index < -0.39 is 26.4 Å². The Balaban J connectivity index is 1.76. The van der Waals surface area contributed by atoms with E-state index in [9.17, 15) is 31.6 Å². The van der Waals surface area contributed by atoms with Gasteiger partial charge in [0, 0.05) is 18.4 Å². The first kappa shape index (κ1) is 20.6. The molecule has 0 aliphatic carbocycles. The Labute approximate surface area is 165 Å². The van der Waals surface area contributed by atoms with Crippen LogP contribution in [0.15, 0.2) is 53.4 Å². The van der Waals surface area contributed by atoms with Crippen LogP contribution < -0.4 is 5.32 Å². The van der Waals surface area contributed by atoms with Crippen molar-refractivity contribution in [3.63, 3.8) is 0 Å². The van der Waals surface area contributed by atoms with Gasteiger partial charge in [0.2, 0.25) is 21.7 Å². The SMILES string of the molecule is O=C(Nc1ccccc1S(=O)(=O)C(F)F)c1ccc(CN2C(=O)CCC2=O)cc1. The number of carbonyl (C=O) groups excluding carboxylic acids is 3. The molecule has 2 aromatic carbocycles. The van der Waals surface area contributed by atoms with Gasteiger partial charge in [0.1, 0.15) is 0 Å². The lowest BCUT2D eigenvalue weighted by atomic mass is 10.1. The van der Waals surface area contributed by atoms with Crippen molar-refractivity contribution in [2.75, 3.05) is 5.32 Å². The molecule has 152 valence electrons. The van der Waals surface area contributed by atoms with Crippen molar-refractivity contribution >= 4 is 33.2 Å². The van der Waals surface area contributed by atoms with Crippen molar-refractivity contribution in [2.45, 2.75) is 30.0 Å². The highest BCUT2D eigenvalue weighted by Crippen LogP contribution is 2.26. The van der Waals surface area contributed by atoms with Crippen molar-refractivity contribution in [1.29, 1.82) is 0 Å². The average molecular weight is 422 g/mol. The molecule has 10 heteroatoms. The van der Waals surface area contributed by atoms with Gasteiger partial charge in [-0.3, -0.25) is 19.3 Å². The zero-order chi connectivity index (χ0) is 21.2. The Kier molecular flexibility index (Phi) is 5.73. The summed E-state index contributed by atoms with van der Waals surface area (Å²) in [5.74, 6) is -4.82. The van der Waals surface area contributed by atoms with E-state index in [0.717, 1.165) is 11.0 Å². The van der Waals surface area contributed by atoms with Crippen LogP contribution in [0.1, 0.15) is 28.8 Å². The second kappa shape index (κ2) is 8.08. The molecule has 0 saturated carbocycles. The maximum atomic E-state index is 12.9. The first-order chi connectivity index (χ1) is 13.7. The van der Waals surface area contributed by atoms with Gasteiger partial charge in [-0.15, -0.1) is 0 Å². The Morgan fingerprint density at radius 3 is 2.17 bits per heavy atom. The highest BCUT2D eigenvalue weighted by molar-refractivity contribution is 7.91. The Hall–Kier alpha value is -3.14. The van der Waals surface area contributed by atoms with Crippen LogP contribution >= 0.6 is 0 Å². The number of nitrogens with one attached hydrogen (secondary N) is 1. The van der Waals surface area contributed by atoms with Crippen molar-refractivity contribution in [2.24, 2.45) is 0 Å². The van der Waals surface area contributed by atoms with Gasteiger partial charge in [-0.1, -0.05) is 24.3 Å². The highest BCUT2D eigenvalue weighted by atomic mass is 32.2. The number of sulfone groups is 1. The van der Waals surface area contributed by atoms with Gasteiger partial charge in [0.15, 0.2) is 0 Å². The molecular weight excluding hydrogens is 406 g/mol. The Morgan fingerprint density at radius 1 is 1.00 bits per heavy atom. The molecule has 1 saturated heterocycles. The molecule has 0 radical (unpaired) electrons. The molecule has 0 aromatic heterocycles. The summed E-state index contributed by atoms with van der Waals surface area (Å²) in [7, 11) is -4.88. The van der Waals surface area contributed by atoms with Crippen LogP contribution in [0.2, 0.25) is 0 Å². The fourth-order valence-corrected chi connectivity index (χ4v) is 3.74. The van der Waals surface area contributed by atoms with Crippen molar-refractivity contribution in [1.82, 2.24) is 4.90 Å². The van der Waals surface area contributed by atoms with Crippen molar-refractivity contribution in [3.05, 3.63) is 59.7 Å². The van der Waals surface area contributed by atoms with Gasteiger partial charge in [-0.05, 0) is 29.8 Å². The summed E-state index contributed by atoms with van der Waals surface area (Å²) >= 11 is 0. The van der Waals surface area contributed by atoms with E-state index in [1.165, 1.54) is 30.3 Å². The van der Waals surface area contributed by atoms with Gasteiger partial charge in [0.05, 0.1) is 17.1 Å². The van der Waals surface area contributed by atoms with Crippen molar-refractivity contribution < 1.29 is 31.6 Å². The van der Waals surface area contributed by atoms with E-state index in [1.807, 2.05) is 0 Å². The number of nitrogens with zero attached hydrogens (tertiary/aromatic N) is 1. The lowest BCUT2D eigenvalue weighted by Crippen LogP contribution is -2.28. The smallest absolute Gasteiger partial charge is 0.321 e. The molecule has 0 unspecified atom stereocenters. The first-order valence-electron chi connectivity index (χ1n) is 8.54. The fraction of sp³-hybridized carbons (Fsp3) is 0.211. The predicted molar refractivity (Wildman–Crippen MR) is 98.8 cm³/mol. The minimum absolute atomic E-state index is 0.0923. The summed E-state index contributed by atoms with van der Waals surface area (Å²) in [5, 5.41) is 2.32. The zero-order valence-corrected chi connectivity index (χ0v) is 15.8. The minimum Gasteiger partial charge on any atom is -0.321 e. The van der Waals surface area contributed by atoms with Crippen LogP contribution in [-0.4, -0.2) is 36.8 Å². The van der Waals surface area contributed by atoms with Gasteiger partial charge >= 0.3 is 5.76 Å². The average Bonchev–Trinajstić information content (AvgIpc) is 3.00. The molecule has 2 aromatic rings. The molecule has 1 heterocycles. The van der Waals surface area contributed by atoms with E-state index in [-0.39, 0.29) is 42.5 Å². The number of para-hydroxylation sites is 1. The lowest BCUT2D eigenvalue weighted by Gasteiger charge is -2.14. The number of amides is 3. The van der Waals surface area contributed by atoms with Gasteiger partial charge < -0.3 is 5.32 Å². The quantitative estimate of drug-likeness (QED) is 0.722. The second-order valence-corrected chi connectivity index (χ2v) is 8.21. The highest BCUT2D eigenvalue weighted by Gasteiger charge is 2.30. The molecule has 1 aliphatic rings. The normalized spacial score (nSPS) is 14.5. The number of halogens is 2. The third kappa shape index (κ3) is 4.32. The van der Waals surface area contributed by atoms with E-state index in [4.69, 9.17) is 0 Å². The van der Waals surface area contributed by atoms with E-state index in [0.29, 0.717) is 5.56 Å². The second-order valence-electron chi connectivity index (χ2n) is 6.33. The Bertz CT molecular complexity index is 1050. The van der Waals surface area contributed by atoms with Gasteiger partial charge in [-0.25, -0.2) is 8.42 Å². The lowest BCUT2D eigenvalue weighted by molar-refractivity contribution is -0.139. The summed E-state index contributed by atoms with van der Waals surface area (Å²) in [5.41, 5.74) is 0.526. The maximum Gasteiger partial charge on any atom is 0.341 e. The number of rotatable bonds is 6. The first-order valence-corrected chi connectivity index (χ1v) is 10.1. The fourth-order valence-electron chi connectivity index (χ4n) is 2.85. The number of likely N-dealkylation sites (tertiary alicyclic amines) is 1. The van der Waals surface area contributed by atoms with E-state index in [2.05, 4.69) is 5.32 Å². The monoisotopic (exact) mass is 422 g/mol. The largest absolute Gasteiger partial charge is 0.341 e. The number of benzene rings is 2. The summed E-state index contributed by atoms with van der Waals surface area (Å²) in [6, 6.07) is 10.9. The molecule has 0 atom stereocenters. The maximum absolute atomic E-state index is 12.9. The van der Waals surface area contributed by atoms with Crippen molar-refractivity contribution in [3.8, 4) is 0 Å². The molecule has 1 fully saturated rings. The van der Waals surface area contributed by atoms with Gasteiger partial charge in [0.25, 0.3) is 5.91 Å². The van der Waals surface area contributed by atoms with Crippen LogP contribution in [-0.2, 0) is 26.0 Å². The van der Waals surface area contributed by atoms with E-state index >= 15 is 0 Å². The Morgan fingerprint density at radius 2 is 1.59 bits per heavy atom. The molecule has 7 nitrogen and oxygen atoms in total. The molecule has 1 N–H and O–H groups in total. The van der Waals surface area contributed by atoms with Gasteiger partial charge in [-0.2, -0.15) is 8.78 Å². The molecule has 3 amide bonds. The number of anilines is 1. The molecule has 3 rings (SSSR count). The third-order valence-corrected chi connectivity index (χ3v) is 5.83. The molecular formula is C19H16F2N2O5S. The van der Waals surface area contributed by atoms with Crippen LogP contribution in [0.25, 0.3) is 0 Å². The number of hydrogen-bond acceptors (Lipinski definition) is 5. The van der Waals surface area contributed by atoms with E-state index in [1.54, 1.807) is 12.1 Å². The third-order valence-electron chi connectivity index (χ3n) is 4.39. The predicted octanol–water partition coefficient (Wildman–Crippen LogP) is 2.58. The summed E-state index contributed by atoms with van der Waals surface area (Å²) in [6.45, 7) is 0.0923. The molecule has 29 heavy (non-hydrogen) atoms. The topological polar surface area (TPSA) is 101 Å². The van der Waals surface area contributed by atoms with Crippen LogP contribution in [0.5, 0.6) is 0 Å². The number of carbonyl (C=O) groups is 3. The standard InChI is InChI=1S/C19H16F2N2O5S/c20-19(21)29(27,28)15-4-2-1-3-14(15)22-18(26)13-7-5-12(6-8-13)11-23-16(24)9-10-17(23)25/h1-8,19H,9-11H2,(H,22,26). The minimum atomic E-state index is -4.88. The van der Waals surface area contributed by atoms with Crippen LogP contribution in [0.4, 0.5) is 14.5 Å². The number of alkyl halides is 2. The van der Waals surface area contributed by atoms with Crippen LogP contribution in [0, 0.1) is 0 Å². The van der Waals surface area contributed by atoms with Crippen LogP contribution in [0.3, 0.4) is 0 Å².